The van der Waals surface area contributed by atoms with Crippen LogP contribution in [0.25, 0.3) is 10.8 Å². The lowest BCUT2D eigenvalue weighted by Crippen LogP contribution is -2.44. The lowest BCUT2D eigenvalue weighted by atomic mass is 9.75. The van der Waals surface area contributed by atoms with E-state index >= 15 is 0 Å². The lowest BCUT2D eigenvalue weighted by Gasteiger charge is -2.41. The van der Waals surface area contributed by atoms with E-state index in [0.29, 0.717) is 0 Å². The highest BCUT2D eigenvalue weighted by Gasteiger charge is 2.33. The molecule has 114 valence electrons. The molecule has 2 heteroatoms. The summed E-state index contributed by atoms with van der Waals surface area (Å²) in [4.78, 5) is 14.9. The van der Waals surface area contributed by atoms with Crippen LogP contribution in [0.4, 0.5) is 0 Å². The molecule has 1 saturated carbocycles. The molecular weight excluding hydrogens is 270 g/mol. The average Bonchev–Trinajstić information content (AvgIpc) is 2.60. The summed E-state index contributed by atoms with van der Waals surface area (Å²) in [7, 11) is 0. The van der Waals surface area contributed by atoms with E-state index in [0.717, 1.165) is 35.9 Å². The maximum atomic E-state index is 12.8. The largest absolute Gasteiger partial charge is 0.338 e. The van der Waals surface area contributed by atoms with Gasteiger partial charge >= 0.3 is 0 Å². The summed E-state index contributed by atoms with van der Waals surface area (Å²) in [6, 6.07) is 14.3. The summed E-state index contributed by atoms with van der Waals surface area (Å²) in [6.07, 6.45) is 6.62. The Labute approximate surface area is 132 Å². The van der Waals surface area contributed by atoms with E-state index in [2.05, 4.69) is 23.1 Å². The molecule has 0 spiro atoms. The number of amides is 1. The number of fused-ring (bicyclic) bond motifs is 2. The van der Waals surface area contributed by atoms with Crippen LogP contribution in [0.15, 0.2) is 42.5 Å². The zero-order valence-electron chi connectivity index (χ0n) is 13.0. The number of rotatable bonds is 1. The second-order valence-electron chi connectivity index (χ2n) is 6.91. The Bertz CT molecular complexity index is 693. The van der Waals surface area contributed by atoms with Crippen LogP contribution in [0.2, 0.25) is 0 Å². The maximum Gasteiger partial charge on any atom is 0.253 e. The fourth-order valence-corrected chi connectivity index (χ4v) is 4.29. The molecular formula is C20H23NO. The predicted molar refractivity (Wildman–Crippen MR) is 89.9 cm³/mol. The van der Waals surface area contributed by atoms with Gasteiger partial charge in [0.05, 0.1) is 0 Å². The SMILES string of the molecule is O=C(c1ccc2ccccc2c1)N1CC[C@H]2CCCC[C@@H]2C1. The fourth-order valence-electron chi connectivity index (χ4n) is 4.29. The van der Waals surface area contributed by atoms with Crippen LogP contribution in [-0.4, -0.2) is 23.9 Å². The molecule has 0 N–H and O–H groups in total. The summed E-state index contributed by atoms with van der Waals surface area (Å²) in [5.41, 5.74) is 0.841. The Balaban J connectivity index is 1.55. The second-order valence-corrected chi connectivity index (χ2v) is 6.91. The molecule has 2 atom stereocenters. The van der Waals surface area contributed by atoms with E-state index in [1.807, 2.05) is 24.3 Å². The fraction of sp³-hybridized carbons (Fsp3) is 0.450. The molecule has 0 aromatic heterocycles. The molecule has 1 heterocycles. The Hall–Kier alpha value is -1.83. The summed E-state index contributed by atoms with van der Waals surface area (Å²) in [5, 5.41) is 2.35. The van der Waals surface area contributed by atoms with Gasteiger partial charge < -0.3 is 4.90 Å². The monoisotopic (exact) mass is 293 g/mol. The Morgan fingerprint density at radius 3 is 2.55 bits per heavy atom. The average molecular weight is 293 g/mol. The maximum absolute atomic E-state index is 12.8. The van der Waals surface area contributed by atoms with Crippen LogP contribution < -0.4 is 0 Å². The van der Waals surface area contributed by atoms with Crippen LogP contribution in [-0.2, 0) is 0 Å². The van der Waals surface area contributed by atoms with Gasteiger partial charge in [-0.05, 0) is 47.6 Å². The number of carbonyl (C=O) groups is 1. The third kappa shape index (κ3) is 2.51. The number of benzene rings is 2. The number of nitrogens with zero attached hydrogens (tertiary/aromatic N) is 1. The van der Waals surface area contributed by atoms with Gasteiger partial charge in [-0.1, -0.05) is 49.6 Å². The Kier molecular flexibility index (Phi) is 3.61. The minimum atomic E-state index is 0.217. The van der Waals surface area contributed by atoms with Crippen molar-refractivity contribution in [2.45, 2.75) is 32.1 Å². The third-order valence-electron chi connectivity index (χ3n) is 5.57. The third-order valence-corrected chi connectivity index (χ3v) is 5.57. The summed E-state index contributed by atoms with van der Waals surface area (Å²) in [5.74, 6) is 1.83. The van der Waals surface area contributed by atoms with Crippen molar-refractivity contribution in [1.29, 1.82) is 0 Å². The standard InChI is InChI=1S/C20H23NO/c22-20(18-10-9-15-5-1-3-7-17(15)13-18)21-12-11-16-6-2-4-8-19(16)14-21/h1,3,5,7,9-10,13,16,19H,2,4,6,8,11-12,14H2/t16-,19-/m1/s1. The van der Waals surface area contributed by atoms with Gasteiger partial charge in [-0.3, -0.25) is 4.79 Å². The summed E-state index contributed by atoms with van der Waals surface area (Å²) >= 11 is 0. The molecule has 0 radical (unpaired) electrons. The quantitative estimate of drug-likeness (QED) is 0.758. The smallest absolute Gasteiger partial charge is 0.253 e. The van der Waals surface area contributed by atoms with Gasteiger partial charge in [0.1, 0.15) is 0 Å². The predicted octanol–water partition coefficient (Wildman–Crippen LogP) is 4.49. The van der Waals surface area contributed by atoms with Gasteiger partial charge in [-0.25, -0.2) is 0 Å². The highest BCUT2D eigenvalue weighted by Crippen LogP contribution is 2.36. The van der Waals surface area contributed by atoms with Crippen LogP contribution in [0.3, 0.4) is 0 Å². The van der Waals surface area contributed by atoms with Crippen LogP contribution in [0, 0.1) is 11.8 Å². The molecule has 1 aliphatic carbocycles. The first-order valence-corrected chi connectivity index (χ1v) is 8.59. The molecule has 22 heavy (non-hydrogen) atoms. The minimum Gasteiger partial charge on any atom is -0.338 e. The van der Waals surface area contributed by atoms with Gasteiger partial charge in [0, 0.05) is 18.7 Å². The number of hydrogen-bond donors (Lipinski definition) is 0. The van der Waals surface area contributed by atoms with Crippen molar-refractivity contribution in [1.82, 2.24) is 4.90 Å². The van der Waals surface area contributed by atoms with E-state index in [1.165, 1.54) is 37.5 Å². The van der Waals surface area contributed by atoms with E-state index in [4.69, 9.17) is 0 Å². The van der Waals surface area contributed by atoms with Crippen molar-refractivity contribution in [3.63, 3.8) is 0 Å². The van der Waals surface area contributed by atoms with Crippen molar-refractivity contribution in [2.75, 3.05) is 13.1 Å². The zero-order chi connectivity index (χ0) is 14.9. The lowest BCUT2D eigenvalue weighted by molar-refractivity contribution is 0.0521. The van der Waals surface area contributed by atoms with Gasteiger partial charge in [-0.15, -0.1) is 0 Å². The molecule has 2 fully saturated rings. The van der Waals surface area contributed by atoms with Gasteiger partial charge in [-0.2, -0.15) is 0 Å². The van der Waals surface area contributed by atoms with Gasteiger partial charge in [0.15, 0.2) is 0 Å². The van der Waals surface area contributed by atoms with Crippen molar-refractivity contribution < 1.29 is 4.79 Å². The molecule has 4 rings (SSSR count). The minimum absolute atomic E-state index is 0.217. The molecule has 1 saturated heterocycles. The second kappa shape index (κ2) is 5.75. The topological polar surface area (TPSA) is 20.3 Å². The first-order valence-electron chi connectivity index (χ1n) is 8.59. The first-order chi connectivity index (χ1) is 10.8. The number of likely N-dealkylation sites (tertiary alicyclic amines) is 1. The molecule has 2 aliphatic rings. The number of piperidine rings is 1. The summed E-state index contributed by atoms with van der Waals surface area (Å²) in [6.45, 7) is 1.91. The van der Waals surface area contributed by atoms with E-state index in [9.17, 15) is 4.79 Å². The first kappa shape index (κ1) is 13.8. The molecule has 1 aliphatic heterocycles. The molecule has 0 bridgehead atoms. The summed E-state index contributed by atoms with van der Waals surface area (Å²) < 4.78 is 0. The number of carbonyl (C=O) groups excluding carboxylic acids is 1. The van der Waals surface area contributed by atoms with Crippen LogP contribution >= 0.6 is 0 Å². The van der Waals surface area contributed by atoms with E-state index < -0.39 is 0 Å². The Morgan fingerprint density at radius 2 is 1.68 bits per heavy atom. The van der Waals surface area contributed by atoms with Crippen molar-refractivity contribution >= 4 is 16.7 Å². The van der Waals surface area contributed by atoms with Gasteiger partial charge in [0.25, 0.3) is 5.91 Å². The normalized spacial score (nSPS) is 25.0. The van der Waals surface area contributed by atoms with E-state index in [-0.39, 0.29) is 5.91 Å². The molecule has 0 unspecified atom stereocenters. The zero-order valence-corrected chi connectivity index (χ0v) is 13.0. The Morgan fingerprint density at radius 1 is 0.909 bits per heavy atom. The molecule has 2 nitrogen and oxygen atoms in total. The molecule has 2 aromatic rings. The van der Waals surface area contributed by atoms with Crippen LogP contribution in [0.1, 0.15) is 42.5 Å². The molecule has 1 amide bonds. The van der Waals surface area contributed by atoms with Crippen molar-refractivity contribution in [3.8, 4) is 0 Å². The highest BCUT2D eigenvalue weighted by atomic mass is 16.2. The van der Waals surface area contributed by atoms with Crippen molar-refractivity contribution in [3.05, 3.63) is 48.0 Å². The van der Waals surface area contributed by atoms with Gasteiger partial charge in [0.2, 0.25) is 0 Å². The molecule has 2 aromatic carbocycles. The number of hydrogen-bond acceptors (Lipinski definition) is 1. The van der Waals surface area contributed by atoms with Crippen LogP contribution in [0.5, 0.6) is 0 Å². The van der Waals surface area contributed by atoms with Crippen molar-refractivity contribution in [2.24, 2.45) is 11.8 Å². The highest BCUT2D eigenvalue weighted by molar-refractivity contribution is 5.98. The van der Waals surface area contributed by atoms with E-state index in [1.54, 1.807) is 0 Å².